The predicted octanol–water partition coefficient (Wildman–Crippen LogP) is 6.07. The van der Waals surface area contributed by atoms with E-state index in [2.05, 4.69) is 37.6 Å². The molecule has 36 heavy (non-hydrogen) atoms. The molecule has 0 spiro atoms. The number of ether oxygens (including phenoxy) is 1. The van der Waals surface area contributed by atoms with Gasteiger partial charge in [0.2, 0.25) is 11.2 Å². The molecule has 0 atom stereocenters. The first kappa shape index (κ1) is 25.9. The number of phenolic OH excluding ortho intramolecular Hbond substituents is 1. The highest BCUT2D eigenvalue weighted by molar-refractivity contribution is 7.21. The van der Waals surface area contributed by atoms with E-state index in [-0.39, 0.29) is 34.7 Å². The number of nitrogens with zero attached hydrogens (tertiary/aromatic N) is 2. The number of phenols is 1. The zero-order valence-electron chi connectivity index (χ0n) is 21.3. The Kier molecular flexibility index (Phi) is 7.76. The van der Waals surface area contributed by atoms with Gasteiger partial charge in [0, 0.05) is 19.6 Å². The second-order valence-corrected chi connectivity index (χ2v) is 10.8. The van der Waals surface area contributed by atoms with E-state index in [1.165, 1.54) is 17.4 Å². The molecule has 0 aliphatic rings. The minimum Gasteiger partial charge on any atom is -0.507 e. The first-order valence-electron chi connectivity index (χ1n) is 12.3. The molecule has 8 heteroatoms. The molecular weight excluding hydrogens is 476 g/mol. The second kappa shape index (κ2) is 10.8. The first-order chi connectivity index (χ1) is 17.2. The molecule has 0 bridgehead atoms. The Labute approximate surface area is 214 Å². The topological polar surface area (TPSA) is 92.9 Å². The van der Waals surface area contributed by atoms with Crippen LogP contribution in [-0.2, 0) is 11.3 Å². The first-order valence-corrected chi connectivity index (χ1v) is 13.1. The molecule has 0 radical (unpaired) electrons. The fourth-order valence-electron chi connectivity index (χ4n) is 4.43. The molecule has 0 aliphatic heterocycles. The Morgan fingerprint density at radius 3 is 2.44 bits per heavy atom. The number of para-hydroxylation sites is 1. The van der Waals surface area contributed by atoms with Gasteiger partial charge in [0.25, 0.3) is 0 Å². The number of hydrogen-bond acceptors (Lipinski definition) is 8. The van der Waals surface area contributed by atoms with E-state index in [9.17, 15) is 14.7 Å². The van der Waals surface area contributed by atoms with Crippen molar-refractivity contribution in [2.45, 2.75) is 41.2 Å². The van der Waals surface area contributed by atoms with Crippen molar-refractivity contribution in [3.05, 3.63) is 57.9 Å². The molecule has 0 amide bonds. The van der Waals surface area contributed by atoms with Crippen LogP contribution in [0.25, 0.3) is 31.8 Å². The number of thiazole rings is 1. The van der Waals surface area contributed by atoms with Crippen molar-refractivity contribution in [1.82, 2.24) is 9.88 Å². The van der Waals surface area contributed by atoms with E-state index in [1.54, 1.807) is 13.0 Å². The molecule has 4 rings (SSSR count). The summed E-state index contributed by atoms with van der Waals surface area (Å²) in [6, 6.07) is 10.6. The summed E-state index contributed by atoms with van der Waals surface area (Å²) in [6.07, 6.45) is 0. The number of rotatable bonds is 9. The van der Waals surface area contributed by atoms with E-state index in [0.29, 0.717) is 34.3 Å². The highest BCUT2D eigenvalue weighted by Gasteiger charge is 2.27. The lowest BCUT2D eigenvalue weighted by atomic mass is 10.0. The van der Waals surface area contributed by atoms with Crippen LogP contribution in [0.1, 0.15) is 50.7 Å². The predicted molar refractivity (Wildman–Crippen MR) is 144 cm³/mol. The average molecular weight is 509 g/mol. The Balaban J connectivity index is 1.95. The van der Waals surface area contributed by atoms with Crippen LogP contribution in [0.15, 0.2) is 45.6 Å². The molecule has 4 aromatic rings. The largest absolute Gasteiger partial charge is 0.507 e. The van der Waals surface area contributed by atoms with Gasteiger partial charge in [-0.1, -0.05) is 39.8 Å². The smallest absolute Gasteiger partial charge is 0.375 e. The number of carbonyl (C=O) groups is 1. The minimum absolute atomic E-state index is 0.0192. The third-order valence-electron chi connectivity index (χ3n) is 5.74. The summed E-state index contributed by atoms with van der Waals surface area (Å²) < 4.78 is 12.3. The van der Waals surface area contributed by atoms with Gasteiger partial charge in [0.15, 0.2) is 0 Å². The van der Waals surface area contributed by atoms with Gasteiger partial charge in [0.05, 0.1) is 27.8 Å². The number of fused-ring (bicyclic) bond motifs is 2. The summed E-state index contributed by atoms with van der Waals surface area (Å²) in [6.45, 7) is 12.4. The third-order valence-corrected chi connectivity index (χ3v) is 6.79. The molecule has 190 valence electrons. The van der Waals surface area contributed by atoms with Crippen molar-refractivity contribution in [2.24, 2.45) is 11.8 Å². The highest BCUT2D eigenvalue weighted by atomic mass is 32.1. The monoisotopic (exact) mass is 508 g/mol. The zero-order valence-corrected chi connectivity index (χ0v) is 22.1. The van der Waals surface area contributed by atoms with Crippen molar-refractivity contribution < 1.29 is 19.1 Å². The lowest BCUT2D eigenvalue weighted by molar-refractivity contribution is 0.0492. The number of hydrogen-bond donors (Lipinski definition) is 1. The van der Waals surface area contributed by atoms with Crippen LogP contribution < -0.4 is 5.43 Å². The molecule has 2 aromatic heterocycles. The van der Waals surface area contributed by atoms with Crippen molar-refractivity contribution in [2.75, 3.05) is 19.7 Å². The average Bonchev–Trinajstić information content (AvgIpc) is 3.23. The minimum atomic E-state index is -0.735. The standard InChI is InChI=1S/C28H32N2O5S/c1-6-34-28(33)26-23(27-29-20-9-7-8-10-22(20)36-27)24(32)18-11-12-21(31)19(25(18)35-26)15-30(13-16(2)3)14-17(4)5/h7-12,16-17,31H,6,13-15H2,1-5H3. The summed E-state index contributed by atoms with van der Waals surface area (Å²) in [7, 11) is 0. The van der Waals surface area contributed by atoms with Crippen LogP contribution in [-0.4, -0.2) is 40.7 Å². The van der Waals surface area contributed by atoms with Crippen LogP contribution in [0.5, 0.6) is 5.75 Å². The lowest BCUT2D eigenvalue weighted by Crippen LogP contribution is -2.31. The van der Waals surface area contributed by atoms with E-state index in [1.807, 2.05) is 24.3 Å². The van der Waals surface area contributed by atoms with Gasteiger partial charge in [-0.3, -0.25) is 9.69 Å². The number of carbonyl (C=O) groups excluding carboxylic acids is 1. The van der Waals surface area contributed by atoms with Crippen molar-refractivity contribution in [1.29, 1.82) is 0 Å². The maximum Gasteiger partial charge on any atom is 0.375 e. The van der Waals surface area contributed by atoms with E-state index < -0.39 is 5.97 Å². The highest BCUT2D eigenvalue weighted by Crippen LogP contribution is 2.35. The zero-order chi connectivity index (χ0) is 26.0. The van der Waals surface area contributed by atoms with Gasteiger partial charge < -0.3 is 14.3 Å². The molecule has 0 fully saturated rings. The van der Waals surface area contributed by atoms with Gasteiger partial charge in [-0.2, -0.15) is 0 Å². The summed E-state index contributed by atoms with van der Waals surface area (Å²) in [5, 5.41) is 11.5. The Bertz CT molecular complexity index is 1410. The van der Waals surface area contributed by atoms with Gasteiger partial charge in [-0.25, -0.2) is 9.78 Å². The second-order valence-electron chi connectivity index (χ2n) is 9.76. The van der Waals surface area contributed by atoms with Crippen LogP contribution >= 0.6 is 11.3 Å². The van der Waals surface area contributed by atoms with Crippen LogP contribution in [0.3, 0.4) is 0 Å². The van der Waals surface area contributed by atoms with E-state index >= 15 is 0 Å². The summed E-state index contributed by atoms with van der Waals surface area (Å²) in [4.78, 5) is 33.7. The normalized spacial score (nSPS) is 11.9. The van der Waals surface area contributed by atoms with E-state index in [0.717, 1.165) is 23.3 Å². The van der Waals surface area contributed by atoms with Crippen molar-refractivity contribution >= 4 is 38.5 Å². The SMILES string of the molecule is CCOC(=O)c1oc2c(CN(CC(C)C)CC(C)C)c(O)ccc2c(=O)c1-c1nc2ccccc2s1. The molecule has 2 heterocycles. The van der Waals surface area contributed by atoms with Gasteiger partial charge in [0.1, 0.15) is 21.9 Å². The summed E-state index contributed by atoms with van der Waals surface area (Å²) in [5.41, 5.74) is 1.12. The summed E-state index contributed by atoms with van der Waals surface area (Å²) in [5.74, 6) is -0.0892. The fraction of sp³-hybridized carbons (Fsp3) is 0.393. The molecule has 7 nitrogen and oxygen atoms in total. The number of aromatic hydroxyl groups is 1. The van der Waals surface area contributed by atoms with Gasteiger partial charge >= 0.3 is 5.97 Å². The third kappa shape index (κ3) is 5.29. The fourth-order valence-corrected chi connectivity index (χ4v) is 5.43. The maximum atomic E-state index is 13.8. The molecule has 2 aromatic carbocycles. The number of aromatic nitrogens is 1. The van der Waals surface area contributed by atoms with Gasteiger partial charge in [-0.05, 0) is 43.0 Å². The Hall–Kier alpha value is -3.23. The Morgan fingerprint density at radius 2 is 1.81 bits per heavy atom. The molecule has 1 N–H and O–H groups in total. The summed E-state index contributed by atoms with van der Waals surface area (Å²) >= 11 is 1.32. The van der Waals surface area contributed by atoms with Crippen molar-refractivity contribution in [3.8, 4) is 16.3 Å². The lowest BCUT2D eigenvalue weighted by Gasteiger charge is -2.26. The van der Waals surface area contributed by atoms with Crippen LogP contribution in [0.4, 0.5) is 0 Å². The van der Waals surface area contributed by atoms with Gasteiger partial charge in [-0.15, -0.1) is 11.3 Å². The molecule has 0 saturated heterocycles. The van der Waals surface area contributed by atoms with Crippen LogP contribution in [0, 0.1) is 11.8 Å². The number of esters is 1. The molecule has 0 saturated carbocycles. The molecule has 0 aliphatic carbocycles. The molecular formula is C28H32N2O5S. The maximum absolute atomic E-state index is 13.8. The molecule has 0 unspecified atom stereocenters. The van der Waals surface area contributed by atoms with E-state index in [4.69, 9.17) is 9.15 Å². The van der Waals surface area contributed by atoms with Crippen molar-refractivity contribution in [3.63, 3.8) is 0 Å². The van der Waals surface area contributed by atoms with Crippen LogP contribution in [0.2, 0.25) is 0 Å². The quantitative estimate of drug-likeness (QED) is 0.274. The number of benzene rings is 2. The Morgan fingerprint density at radius 1 is 1.11 bits per heavy atom.